The molecular formula is C13H20IN3. The monoisotopic (exact) mass is 345 g/mol. The number of rotatable bonds is 3. The molecule has 0 amide bonds. The topological polar surface area (TPSA) is 37.8 Å². The van der Waals surface area contributed by atoms with Crippen molar-refractivity contribution in [1.29, 1.82) is 0 Å². The first-order valence-corrected chi connectivity index (χ1v) is 7.33. The Hall–Kier alpha value is -0.390. The Balaban J connectivity index is 2.48. The van der Waals surface area contributed by atoms with Gasteiger partial charge in [-0.2, -0.15) is 0 Å². The summed E-state index contributed by atoms with van der Waals surface area (Å²) in [6.07, 6.45) is 2.56. The minimum atomic E-state index is 0.0121. The summed E-state index contributed by atoms with van der Waals surface area (Å²) in [6.45, 7) is 9.51. The average molecular weight is 345 g/mol. The van der Waals surface area contributed by atoms with Gasteiger partial charge in [0.15, 0.2) is 0 Å². The van der Waals surface area contributed by atoms with Crippen molar-refractivity contribution in [3.8, 4) is 0 Å². The first-order chi connectivity index (χ1) is 7.93. The van der Waals surface area contributed by atoms with Crippen molar-refractivity contribution in [1.82, 2.24) is 9.97 Å². The summed E-state index contributed by atoms with van der Waals surface area (Å²) in [7, 11) is 0. The van der Waals surface area contributed by atoms with Crippen LogP contribution in [0.5, 0.6) is 0 Å². The predicted octanol–water partition coefficient (Wildman–Crippen LogP) is 3.69. The number of hydrogen-bond acceptors (Lipinski definition) is 3. The van der Waals surface area contributed by atoms with Crippen molar-refractivity contribution >= 4 is 28.4 Å². The van der Waals surface area contributed by atoms with Gasteiger partial charge < -0.3 is 5.32 Å². The molecule has 0 aromatic carbocycles. The third-order valence-corrected chi connectivity index (χ3v) is 3.92. The lowest BCUT2D eigenvalue weighted by Gasteiger charge is -2.20. The zero-order valence-electron chi connectivity index (χ0n) is 11.0. The van der Waals surface area contributed by atoms with Crippen molar-refractivity contribution in [3.63, 3.8) is 0 Å². The van der Waals surface area contributed by atoms with Crippen LogP contribution in [-0.2, 0) is 5.41 Å². The molecule has 1 heterocycles. The summed E-state index contributed by atoms with van der Waals surface area (Å²) >= 11 is 2.38. The van der Waals surface area contributed by atoms with E-state index in [-0.39, 0.29) is 5.41 Å². The van der Waals surface area contributed by atoms with Crippen LogP contribution in [0.25, 0.3) is 0 Å². The van der Waals surface area contributed by atoms with Gasteiger partial charge in [0.2, 0.25) is 0 Å². The van der Waals surface area contributed by atoms with E-state index >= 15 is 0 Å². The lowest BCUT2D eigenvalue weighted by Crippen LogP contribution is -2.19. The summed E-state index contributed by atoms with van der Waals surface area (Å²) in [5, 5.41) is 3.35. The average Bonchev–Trinajstić information content (AvgIpc) is 3.03. The van der Waals surface area contributed by atoms with Crippen LogP contribution < -0.4 is 5.32 Å². The molecule has 3 nitrogen and oxygen atoms in total. The molecule has 2 rings (SSSR count). The van der Waals surface area contributed by atoms with Gasteiger partial charge in [-0.25, -0.2) is 9.97 Å². The molecule has 1 aromatic heterocycles. The van der Waals surface area contributed by atoms with Gasteiger partial charge in [-0.3, -0.25) is 0 Å². The highest BCUT2D eigenvalue weighted by atomic mass is 127. The SMILES string of the molecule is CCNc1nc(C(C)(C)C)nc(C2CC2)c1I. The zero-order chi connectivity index (χ0) is 12.6. The molecule has 4 heteroatoms. The van der Waals surface area contributed by atoms with Crippen LogP contribution in [0.4, 0.5) is 5.82 Å². The van der Waals surface area contributed by atoms with Crippen molar-refractivity contribution < 1.29 is 0 Å². The van der Waals surface area contributed by atoms with Crippen LogP contribution in [-0.4, -0.2) is 16.5 Å². The smallest absolute Gasteiger partial charge is 0.143 e. The van der Waals surface area contributed by atoms with Gasteiger partial charge in [0, 0.05) is 17.9 Å². The molecule has 1 fully saturated rings. The van der Waals surface area contributed by atoms with Crippen molar-refractivity contribution in [2.45, 2.75) is 51.9 Å². The van der Waals surface area contributed by atoms with E-state index in [4.69, 9.17) is 4.98 Å². The molecule has 0 saturated heterocycles. The molecule has 0 bridgehead atoms. The molecule has 0 unspecified atom stereocenters. The summed E-state index contributed by atoms with van der Waals surface area (Å²) < 4.78 is 1.21. The Morgan fingerprint density at radius 1 is 1.29 bits per heavy atom. The lowest BCUT2D eigenvalue weighted by molar-refractivity contribution is 0.541. The Morgan fingerprint density at radius 3 is 2.41 bits per heavy atom. The fraction of sp³-hybridized carbons (Fsp3) is 0.692. The maximum Gasteiger partial charge on any atom is 0.143 e. The predicted molar refractivity (Wildman–Crippen MR) is 79.6 cm³/mol. The molecule has 0 aliphatic heterocycles. The standard InChI is InChI=1S/C13H20IN3/c1-5-15-11-9(14)10(8-6-7-8)16-12(17-11)13(2,3)4/h8H,5-7H2,1-4H3,(H,15,16,17). The van der Waals surface area contributed by atoms with Crippen LogP contribution in [0.2, 0.25) is 0 Å². The minimum absolute atomic E-state index is 0.0121. The van der Waals surface area contributed by atoms with E-state index in [0.717, 1.165) is 18.2 Å². The van der Waals surface area contributed by atoms with Crippen LogP contribution in [0.1, 0.15) is 58.0 Å². The second kappa shape index (κ2) is 4.71. The Bertz CT molecular complexity index is 419. The number of nitrogens with zero attached hydrogens (tertiary/aromatic N) is 2. The fourth-order valence-electron chi connectivity index (χ4n) is 1.71. The Morgan fingerprint density at radius 2 is 1.94 bits per heavy atom. The summed E-state index contributed by atoms with van der Waals surface area (Å²) in [4.78, 5) is 9.46. The number of hydrogen-bond donors (Lipinski definition) is 1. The largest absolute Gasteiger partial charge is 0.369 e. The van der Waals surface area contributed by atoms with Crippen molar-refractivity contribution in [3.05, 3.63) is 15.1 Å². The van der Waals surface area contributed by atoms with E-state index in [1.54, 1.807) is 0 Å². The lowest BCUT2D eigenvalue weighted by atomic mass is 9.95. The van der Waals surface area contributed by atoms with Crippen LogP contribution >= 0.6 is 22.6 Å². The van der Waals surface area contributed by atoms with E-state index in [1.165, 1.54) is 22.1 Å². The highest BCUT2D eigenvalue weighted by molar-refractivity contribution is 14.1. The normalized spacial score (nSPS) is 16.1. The highest BCUT2D eigenvalue weighted by Gasteiger charge is 2.31. The minimum Gasteiger partial charge on any atom is -0.369 e. The Kier molecular flexibility index (Phi) is 3.61. The second-order valence-electron chi connectivity index (χ2n) is 5.65. The molecule has 17 heavy (non-hydrogen) atoms. The third-order valence-electron chi connectivity index (χ3n) is 2.86. The maximum absolute atomic E-state index is 4.79. The fourth-order valence-corrected chi connectivity index (χ4v) is 2.58. The van der Waals surface area contributed by atoms with Crippen LogP contribution in [0.3, 0.4) is 0 Å². The molecule has 1 aliphatic carbocycles. The van der Waals surface area contributed by atoms with Gasteiger partial charge >= 0.3 is 0 Å². The summed E-state index contributed by atoms with van der Waals surface area (Å²) in [6, 6.07) is 0. The summed E-state index contributed by atoms with van der Waals surface area (Å²) in [5.41, 5.74) is 1.26. The molecule has 1 aromatic rings. The number of nitrogens with one attached hydrogen (secondary N) is 1. The summed E-state index contributed by atoms with van der Waals surface area (Å²) in [5.74, 6) is 2.63. The van der Waals surface area contributed by atoms with E-state index in [0.29, 0.717) is 5.92 Å². The number of aromatic nitrogens is 2. The third kappa shape index (κ3) is 2.89. The van der Waals surface area contributed by atoms with Gasteiger partial charge in [-0.1, -0.05) is 20.8 Å². The molecule has 0 radical (unpaired) electrons. The maximum atomic E-state index is 4.79. The van der Waals surface area contributed by atoms with Crippen LogP contribution in [0, 0.1) is 3.57 Å². The quantitative estimate of drug-likeness (QED) is 0.849. The van der Waals surface area contributed by atoms with E-state index in [9.17, 15) is 0 Å². The van der Waals surface area contributed by atoms with Crippen molar-refractivity contribution in [2.24, 2.45) is 0 Å². The first-order valence-electron chi connectivity index (χ1n) is 6.25. The molecule has 1 N–H and O–H groups in total. The molecule has 0 spiro atoms. The van der Waals surface area contributed by atoms with Gasteiger partial charge in [0.25, 0.3) is 0 Å². The van der Waals surface area contributed by atoms with E-state index in [1.807, 2.05) is 0 Å². The van der Waals surface area contributed by atoms with Crippen molar-refractivity contribution in [2.75, 3.05) is 11.9 Å². The van der Waals surface area contributed by atoms with E-state index < -0.39 is 0 Å². The zero-order valence-corrected chi connectivity index (χ0v) is 13.1. The van der Waals surface area contributed by atoms with Gasteiger partial charge in [0.1, 0.15) is 11.6 Å². The molecule has 1 aliphatic rings. The molecule has 1 saturated carbocycles. The number of halogens is 1. The molecular weight excluding hydrogens is 325 g/mol. The second-order valence-corrected chi connectivity index (χ2v) is 6.73. The van der Waals surface area contributed by atoms with Gasteiger partial charge in [-0.15, -0.1) is 0 Å². The number of anilines is 1. The van der Waals surface area contributed by atoms with Gasteiger partial charge in [-0.05, 0) is 42.4 Å². The van der Waals surface area contributed by atoms with Crippen LogP contribution in [0.15, 0.2) is 0 Å². The van der Waals surface area contributed by atoms with E-state index in [2.05, 4.69) is 60.6 Å². The molecule has 0 atom stereocenters. The first kappa shape index (κ1) is 13.1. The van der Waals surface area contributed by atoms with Gasteiger partial charge in [0.05, 0.1) is 9.26 Å². The highest BCUT2D eigenvalue weighted by Crippen LogP contribution is 2.42. The molecule has 94 valence electrons. The Labute approximate surface area is 117 Å².